The van der Waals surface area contributed by atoms with Gasteiger partial charge in [0, 0.05) is 19.6 Å². The van der Waals surface area contributed by atoms with Crippen LogP contribution in [0, 0.1) is 0 Å². The minimum Gasteiger partial charge on any atom is -0.392 e. The molecule has 0 unspecified atom stereocenters. The van der Waals surface area contributed by atoms with Crippen LogP contribution in [0.3, 0.4) is 0 Å². The first-order chi connectivity index (χ1) is 12.8. The highest BCUT2D eigenvalue weighted by Gasteiger charge is 2.10. The summed E-state index contributed by atoms with van der Waals surface area (Å²) in [6, 6.07) is 31.1. The first-order valence-corrected chi connectivity index (χ1v) is 8.99. The first kappa shape index (κ1) is 18.1. The van der Waals surface area contributed by atoms with Crippen LogP contribution >= 0.6 is 0 Å². The van der Waals surface area contributed by atoms with E-state index in [9.17, 15) is 5.11 Å². The molecule has 3 aromatic rings. The molecule has 0 saturated heterocycles. The quantitative estimate of drug-likeness (QED) is 0.637. The highest BCUT2D eigenvalue weighted by atomic mass is 16.3. The molecule has 0 saturated carbocycles. The number of hydrogen-bond acceptors (Lipinski definition) is 2. The zero-order valence-electron chi connectivity index (χ0n) is 15.0. The van der Waals surface area contributed by atoms with E-state index in [1.54, 1.807) is 0 Å². The van der Waals surface area contributed by atoms with Crippen molar-refractivity contribution in [3.05, 3.63) is 113 Å². The second-order valence-corrected chi connectivity index (χ2v) is 6.49. The van der Waals surface area contributed by atoms with Crippen LogP contribution in [0.5, 0.6) is 0 Å². The van der Waals surface area contributed by atoms with Gasteiger partial charge in [-0.05, 0) is 22.3 Å². The maximum Gasteiger partial charge on any atom is 0.0657 e. The minimum absolute atomic E-state index is 0.0645. The Kier molecular flexibility index (Phi) is 6.77. The van der Waals surface area contributed by atoms with Crippen molar-refractivity contribution < 1.29 is 5.11 Å². The van der Waals surface area contributed by atoms with Crippen molar-refractivity contribution >= 4 is 6.08 Å². The summed E-state index contributed by atoms with van der Waals surface area (Å²) in [6.45, 7) is 2.49. The van der Waals surface area contributed by atoms with Gasteiger partial charge in [-0.2, -0.15) is 0 Å². The standard InChI is InChI=1S/C24H25NO/c26-20-24(16-21-10-4-1-5-11-21)19-25(17-22-12-6-2-7-13-22)18-23-14-8-3-9-15-23/h1-16,26H,17-20H2/b24-16+. The Bertz CT molecular complexity index is 756. The number of benzene rings is 3. The Balaban J connectivity index is 1.78. The summed E-state index contributed by atoms with van der Waals surface area (Å²) in [5.41, 5.74) is 4.69. The average Bonchev–Trinajstić information content (AvgIpc) is 2.70. The number of aliphatic hydroxyl groups excluding tert-OH is 1. The average molecular weight is 343 g/mol. The van der Waals surface area contributed by atoms with Crippen molar-refractivity contribution in [1.29, 1.82) is 0 Å². The van der Waals surface area contributed by atoms with Gasteiger partial charge in [-0.25, -0.2) is 0 Å². The van der Waals surface area contributed by atoms with Crippen molar-refractivity contribution in [2.45, 2.75) is 13.1 Å². The zero-order valence-corrected chi connectivity index (χ0v) is 15.0. The van der Waals surface area contributed by atoms with E-state index in [2.05, 4.69) is 71.6 Å². The van der Waals surface area contributed by atoms with Crippen LogP contribution in [0.4, 0.5) is 0 Å². The van der Waals surface area contributed by atoms with Crippen LogP contribution < -0.4 is 0 Å². The summed E-state index contributed by atoms with van der Waals surface area (Å²) in [5.74, 6) is 0. The van der Waals surface area contributed by atoms with Gasteiger partial charge in [-0.3, -0.25) is 4.90 Å². The lowest BCUT2D eigenvalue weighted by Gasteiger charge is -2.24. The van der Waals surface area contributed by atoms with Gasteiger partial charge in [-0.15, -0.1) is 0 Å². The van der Waals surface area contributed by atoms with E-state index in [-0.39, 0.29) is 6.61 Å². The highest BCUT2D eigenvalue weighted by molar-refractivity contribution is 5.53. The molecule has 2 heteroatoms. The Morgan fingerprint density at radius 2 is 1.15 bits per heavy atom. The molecule has 0 heterocycles. The van der Waals surface area contributed by atoms with Gasteiger partial charge in [0.15, 0.2) is 0 Å². The third-order valence-electron chi connectivity index (χ3n) is 4.30. The molecule has 132 valence electrons. The van der Waals surface area contributed by atoms with Crippen LogP contribution in [0.25, 0.3) is 6.08 Å². The van der Waals surface area contributed by atoms with Gasteiger partial charge in [0.25, 0.3) is 0 Å². The van der Waals surface area contributed by atoms with Crippen molar-refractivity contribution in [1.82, 2.24) is 4.90 Å². The summed E-state index contributed by atoms with van der Waals surface area (Å²) < 4.78 is 0. The predicted molar refractivity (Wildman–Crippen MR) is 109 cm³/mol. The molecule has 2 nitrogen and oxygen atoms in total. The minimum atomic E-state index is 0.0645. The smallest absolute Gasteiger partial charge is 0.0657 e. The molecule has 0 aliphatic rings. The van der Waals surface area contributed by atoms with Gasteiger partial charge in [-0.1, -0.05) is 97.1 Å². The van der Waals surface area contributed by atoms with E-state index in [1.165, 1.54) is 11.1 Å². The van der Waals surface area contributed by atoms with Gasteiger partial charge in [0.1, 0.15) is 0 Å². The largest absolute Gasteiger partial charge is 0.392 e. The van der Waals surface area contributed by atoms with Gasteiger partial charge < -0.3 is 5.11 Å². The summed E-state index contributed by atoms with van der Waals surface area (Å²) in [7, 11) is 0. The van der Waals surface area contributed by atoms with Crippen molar-refractivity contribution in [3.8, 4) is 0 Å². The fraction of sp³-hybridized carbons (Fsp3) is 0.167. The van der Waals surface area contributed by atoms with E-state index in [4.69, 9.17) is 0 Å². The predicted octanol–water partition coefficient (Wildman–Crippen LogP) is 4.76. The molecule has 0 spiro atoms. The summed E-state index contributed by atoms with van der Waals surface area (Å²) in [4.78, 5) is 2.37. The fourth-order valence-corrected chi connectivity index (χ4v) is 3.06. The Labute approximate surface area is 156 Å². The Morgan fingerprint density at radius 3 is 1.62 bits per heavy atom. The maximum absolute atomic E-state index is 9.87. The lowest BCUT2D eigenvalue weighted by molar-refractivity contribution is 0.256. The molecular formula is C24H25NO. The van der Waals surface area contributed by atoms with Crippen molar-refractivity contribution in [2.75, 3.05) is 13.2 Å². The molecule has 0 aliphatic carbocycles. The molecule has 0 radical (unpaired) electrons. The Morgan fingerprint density at radius 1 is 0.692 bits per heavy atom. The Hall–Kier alpha value is -2.68. The first-order valence-electron chi connectivity index (χ1n) is 8.99. The van der Waals surface area contributed by atoms with Crippen LogP contribution in [-0.2, 0) is 13.1 Å². The molecule has 0 atom stereocenters. The second kappa shape index (κ2) is 9.71. The molecule has 26 heavy (non-hydrogen) atoms. The number of hydrogen-bond donors (Lipinski definition) is 1. The molecule has 1 N–H and O–H groups in total. The molecule has 0 amide bonds. The van der Waals surface area contributed by atoms with E-state index in [1.807, 2.05) is 30.3 Å². The fourth-order valence-electron chi connectivity index (χ4n) is 3.06. The summed E-state index contributed by atoms with van der Waals surface area (Å²) in [5, 5.41) is 9.87. The van der Waals surface area contributed by atoms with Crippen molar-refractivity contribution in [2.24, 2.45) is 0 Å². The van der Waals surface area contributed by atoms with Crippen LogP contribution in [0.1, 0.15) is 16.7 Å². The molecule has 3 rings (SSSR count). The van der Waals surface area contributed by atoms with Crippen LogP contribution in [0.15, 0.2) is 96.6 Å². The number of rotatable bonds is 8. The molecule has 0 bridgehead atoms. The number of nitrogens with zero attached hydrogens (tertiary/aromatic N) is 1. The molecule has 0 fully saturated rings. The monoisotopic (exact) mass is 343 g/mol. The lowest BCUT2D eigenvalue weighted by Crippen LogP contribution is -2.26. The third kappa shape index (κ3) is 5.69. The summed E-state index contributed by atoms with van der Waals surface area (Å²) in [6.07, 6.45) is 2.09. The van der Waals surface area contributed by atoms with Crippen LogP contribution in [-0.4, -0.2) is 23.2 Å². The van der Waals surface area contributed by atoms with Crippen LogP contribution in [0.2, 0.25) is 0 Å². The van der Waals surface area contributed by atoms with Gasteiger partial charge in [0.2, 0.25) is 0 Å². The van der Waals surface area contributed by atoms with E-state index in [0.717, 1.165) is 30.8 Å². The topological polar surface area (TPSA) is 23.5 Å². The SMILES string of the molecule is OC/C(=C/c1ccccc1)CN(Cc1ccccc1)Cc1ccccc1. The maximum atomic E-state index is 9.87. The summed E-state index contributed by atoms with van der Waals surface area (Å²) >= 11 is 0. The zero-order chi connectivity index (χ0) is 18.0. The van der Waals surface area contributed by atoms with Crippen molar-refractivity contribution in [3.63, 3.8) is 0 Å². The second-order valence-electron chi connectivity index (χ2n) is 6.49. The van der Waals surface area contributed by atoms with Gasteiger partial charge in [0.05, 0.1) is 6.61 Å². The molecular weight excluding hydrogens is 318 g/mol. The lowest BCUT2D eigenvalue weighted by atomic mass is 10.1. The van der Waals surface area contributed by atoms with E-state index >= 15 is 0 Å². The third-order valence-corrected chi connectivity index (χ3v) is 4.30. The highest BCUT2D eigenvalue weighted by Crippen LogP contribution is 2.14. The number of aliphatic hydroxyl groups is 1. The van der Waals surface area contributed by atoms with E-state index < -0.39 is 0 Å². The molecule has 0 aromatic heterocycles. The molecule has 3 aromatic carbocycles. The normalized spacial score (nSPS) is 11.7. The molecule has 0 aliphatic heterocycles. The van der Waals surface area contributed by atoms with Gasteiger partial charge >= 0.3 is 0 Å². The van der Waals surface area contributed by atoms with E-state index in [0.29, 0.717) is 0 Å².